The second-order valence-electron chi connectivity index (χ2n) is 5.44. The maximum atomic E-state index is 4.42. The second kappa shape index (κ2) is 4.84. The van der Waals surface area contributed by atoms with Gasteiger partial charge in [-0.2, -0.15) is 0 Å². The van der Waals surface area contributed by atoms with E-state index in [-0.39, 0.29) is 0 Å². The van der Waals surface area contributed by atoms with Gasteiger partial charge < -0.3 is 5.32 Å². The highest BCUT2D eigenvalue weighted by molar-refractivity contribution is 9.10. The monoisotopic (exact) mass is 282 g/mol. The predicted molar refractivity (Wildman–Crippen MR) is 70.2 cm³/mol. The molecule has 1 aromatic heterocycles. The molecule has 1 unspecified atom stereocenters. The summed E-state index contributed by atoms with van der Waals surface area (Å²) in [6, 6.07) is 6.72. The minimum atomic E-state index is 0.516. The van der Waals surface area contributed by atoms with Crippen molar-refractivity contribution in [2.45, 2.75) is 45.7 Å². The number of halogens is 1. The topological polar surface area (TPSA) is 24.9 Å². The van der Waals surface area contributed by atoms with Crippen LogP contribution in [0.1, 0.15) is 38.8 Å². The molecule has 3 heteroatoms. The van der Waals surface area contributed by atoms with Crippen LogP contribution in [0.5, 0.6) is 0 Å². The van der Waals surface area contributed by atoms with Crippen LogP contribution in [0.4, 0.5) is 0 Å². The molecule has 0 amide bonds. The largest absolute Gasteiger partial charge is 0.308 e. The van der Waals surface area contributed by atoms with Gasteiger partial charge in [-0.25, -0.2) is 4.98 Å². The summed E-state index contributed by atoms with van der Waals surface area (Å²) in [6.45, 7) is 5.58. The van der Waals surface area contributed by atoms with E-state index in [0.717, 1.165) is 16.8 Å². The van der Waals surface area contributed by atoms with Gasteiger partial charge in [0.25, 0.3) is 0 Å². The van der Waals surface area contributed by atoms with Gasteiger partial charge in [-0.15, -0.1) is 0 Å². The summed E-state index contributed by atoms with van der Waals surface area (Å²) in [5.74, 6) is 0. The molecule has 0 aromatic carbocycles. The van der Waals surface area contributed by atoms with Gasteiger partial charge in [0.1, 0.15) is 4.60 Å². The van der Waals surface area contributed by atoms with Crippen molar-refractivity contribution in [3.05, 3.63) is 28.5 Å². The van der Waals surface area contributed by atoms with Crippen LogP contribution in [0, 0.1) is 5.41 Å². The Balaban J connectivity index is 1.84. The summed E-state index contributed by atoms with van der Waals surface area (Å²) in [5, 5.41) is 3.60. The Morgan fingerprint density at radius 2 is 2.31 bits per heavy atom. The Hall–Kier alpha value is -0.410. The Bertz CT molecular complexity index is 363. The molecule has 1 saturated carbocycles. The lowest BCUT2D eigenvalue weighted by molar-refractivity contribution is 0.364. The molecule has 2 rings (SSSR count). The lowest BCUT2D eigenvalue weighted by Gasteiger charge is -2.17. The second-order valence-corrected chi connectivity index (χ2v) is 6.25. The Labute approximate surface area is 106 Å². The van der Waals surface area contributed by atoms with Gasteiger partial charge in [0.05, 0.1) is 5.69 Å². The Kier molecular flexibility index (Phi) is 3.65. The molecule has 0 spiro atoms. The molecular weight excluding hydrogens is 264 g/mol. The van der Waals surface area contributed by atoms with Gasteiger partial charge in [-0.05, 0) is 52.7 Å². The lowest BCUT2D eigenvalue weighted by atomic mass is 9.92. The molecule has 1 aliphatic carbocycles. The van der Waals surface area contributed by atoms with Crippen molar-refractivity contribution < 1.29 is 0 Å². The summed E-state index contributed by atoms with van der Waals surface area (Å²) in [5.41, 5.74) is 1.63. The Morgan fingerprint density at radius 1 is 1.50 bits per heavy atom. The van der Waals surface area contributed by atoms with E-state index < -0.39 is 0 Å². The van der Waals surface area contributed by atoms with E-state index in [9.17, 15) is 0 Å². The molecule has 2 nitrogen and oxygen atoms in total. The van der Waals surface area contributed by atoms with Gasteiger partial charge in [-0.3, -0.25) is 0 Å². The fourth-order valence-corrected chi connectivity index (χ4v) is 2.79. The van der Waals surface area contributed by atoms with E-state index in [2.05, 4.69) is 46.1 Å². The molecule has 0 saturated heterocycles. The number of nitrogens with one attached hydrogen (secondary N) is 1. The smallest absolute Gasteiger partial charge is 0.106 e. The van der Waals surface area contributed by atoms with Crippen LogP contribution in [-0.4, -0.2) is 11.0 Å². The fraction of sp³-hybridized carbons (Fsp3) is 0.615. The zero-order chi connectivity index (χ0) is 11.6. The van der Waals surface area contributed by atoms with E-state index in [1.807, 2.05) is 12.1 Å². The van der Waals surface area contributed by atoms with Crippen molar-refractivity contribution in [3.63, 3.8) is 0 Å². The van der Waals surface area contributed by atoms with Crippen LogP contribution in [0.2, 0.25) is 0 Å². The number of aromatic nitrogens is 1. The molecule has 1 heterocycles. The van der Waals surface area contributed by atoms with Gasteiger partial charge >= 0.3 is 0 Å². The van der Waals surface area contributed by atoms with Crippen molar-refractivity contribution in [2.75, 3.05) is 0 Å². The molecule has 0 aliphatic heterocycles. The highest BCUT2D eigenvalue weighted by Crippen LogP contribution is 2.36. The highest BCUT2D eigenvalue weighted by atomic mass is 79.9. The van der Waals surface area contributed by atoms with E-state index in [1.54, 1.807) is 0 Å². The molecule has 0 bridgehead atoms. The first-order valence-corrected chi connectivity index (χ1v) is 6.69. The summed E-state index contributed by atoms with van der Waals surface area (Å²) in [7, 11) is 0. The molecule has 1 atom stereocenters. The maximum Gasteiger partial charge on any atom is 0.106 e. The highest BCUT2D eigenvalue weighted by Gasteiger charge is 2.30. The quantitative estimate of drug-likeness (QED) is 0.859. The van der Waals surface area contributed by atoms with Crippen molar-refractivity contribution in [1.82, 2.24) is 10.3 Å². The summed E-state index contributed by atoms with van der Waals surface area (Å²) in [4.78, 5) is 4.42. The van der Waals surface area contributed by atoms with Crippen LogP contribution in [-0.2, 0) is 6.54 Å². The average Bonchev–Trinajstić information content (AvgIpc) is 2.56. The van der Waals surface area contributed by atoms with Crippen molar-refractivity contribution in [1.29, 1.82) is 0 Å². The minimum Gasteiger partial charge on any atom is -0.308 e. The first-order valence-electron chi connectivity index (χ1n) is 5.90. The Morgan fingerprint density at radius 3 is 2.94 bits per heavy atom. The van der Waals surface area contributed by atoms with Crippen LogP contribution < -0.4 is 5.32 Å². The van der Waals surface area contributed by atoms with E-state index in [1.165, 1.54) is 19.3 Å². The number of hydrogen-bond donors (Lipinski definition) is 1. The maximum absolute atomic E-state index is 4.42. The van der Waals surface area contributed by atoms with E-state index in [0.29, 0.717) is 11.5 Å². The SMILES string of the molecule is CC1(C)CCC(NCc2cccc(Br)n2)C1. The zero-order valence-corrected chi connectivity index (χ0v) is 11.5. The number of nitrogens with zero attached hydrogens (tertiary/aromatic N) is 1. The number of pyridine rings is 1. The van der Waals surface area contributed by atoms with Crippen LogP contribution in [0.25, 0.3) is 0 Å². The molecule has 88 valence electrons. The first-order chi connectivity index (χ1) is 7.55. The predicted octanol–water partition coefficient (Wildman–Crippen LogP) is 3.51. The molecule has 16 heavy (non-hydrogen) atoms. The third-order valence-corrected chi connectivity index (χ3v) is 3.75. The summed E-state index contributed by atoms with van der Waals surface area (Å²) in [6.07, 6.45) is 3.90. The van der Waals surface area contributed by atoms with Gasteiger partial charge in [0, 0.05) is 12.6 Å². The first kappa shape index (κ1) is 12.1. The van der Waals surface area contributed by atoms with Gasteiger partial charge in [0.15, 0.2) is 0 Å². The van der Waals surface area contributed by atoms with Crippen molar-refractivity contribution in [3.8, 4) is 0 Å². The van der Waals surface area contributed by atoms with E-state index in [4.69, 9.17) is 0 Å². The van der Waals surface area contributed by atoms with Crippen LogP contribution >= 0.6 is 15.9 Å². The minimum absolute atomic E-state index is 0.516. The fourth-order valence-electron chi connectivity index (χ4n) is 2.41. The average molecular weight is 283 g/mol. The van der Waals surface area contributed by atoms with Gasteiger partial charge in [0.2, 0.25) is 0 Å². The van der Waals surface area contributed by atoms with E-state index >= 15 is 0 Å². The number of hydrogen-bond acceptors (Lipinski definition) is 2. The van der Waals surface area contributed by atoms with Crippen LogP contribution in [0.3, 0.4) is 0 Å². The normalized spacial score (nSPS) is 23.6. The lowest BCUT2D eigenvalue weighted by Crippen LogP contribution is -2.27. The van der Waals surface area contributed by atoms with Crippen LogP contribution in [0.15, 0.2) is 22.8 Å². The third-order valence-electron chi connectivity index (χ3n) is 3.31. The molecule has 1 N–H and O–H groups in total. The molecular formula is C13H19BrN2. The molecule has 1 aliphatic rings. The van der Waals surface area contributed by atoms with Crippen molar-refractivity contribution >= 4 is 15.9 Å². The third kappa shape index (κ3) is 3.29. The molecule has 0 radical (unpaired) electrons. The summed E-state index contributed by atoms with van der Waals surface area (Å²) >= 11 is 3.39. The number of rotatable bonds is 3. The molecule has 1 fully saturated rings. The zero-order valence-electron chi connectivity index (χ0n) is 9.96. The van der Waals surface area contributed by atoms with Crippen molar-refractivity contribution in [2.24, 2.45) is 5.41 Å². The summed E-state index contributed by atoms with van der Waals surface area (Å²) < 4.78 is 0.915. The molecule has 1 aromatic rings. The standard InChI is InChI=1S/C13H19BrN2/c1-13(2)7-6-10(8-13)15-9-11-4-3-5-12(14)16-11/h3-5,10,15H,6-9H2,1-2H3. The van der Waals surface area contributed by atoms with Gasteiger partial charge in [-0.1, -0.05) is 19.9 Å².